The summed E-state index contributed by atoms with van der Waals surface area (Å²) in [4.78, 5) is 0. The van der Waals surface area contributed by atoms with Crippen molar-refractivity contribution >= 4 is 0 Å². The molecule has 0 bridgehead atoms. The van der Waals surface area contributed by atoms with E-state index in [0.29, 0.717) is 5.92 Å². The number of hydrogen-bond acceptors (Lipinski definition) is 3. The van der Waals surface area contributed by atoms with Crippen molar-refractivity contribution in [2.24, 2.45) is 5.92 Å². The smallest absolute Gasteiger partial charge is 0.0716 e. The molecule has 0 amide bonds. The van der Waals surface area contributed by atoms with Crippen molar-refractivity contribution in [3.63, 3.8) is 0 Å². The zero-order chi connectivity index (χ0) is 9.10. The number of aliphatic hydroxyl groups is 1. The van der Waals surface area contributed by atoms with Crippen LogP contribution in [0.4, 0.5) is 0 Å². The van der Waals surface area contributed by atoms with E-state index in [2.05, 4.69) is 10.6 Å². The third-order valence-electron chi connectivity index (χ3n) is 3.33. The summed E-state index contributed by atoms with van der Waals surface area (Å²) in [5.74, 6) is 0.431. The van der Waals surface area contributed by atoms with Crippen LogP contribution in [0, 0.1) is 5.92 Å². The van der Waals surface area contributed by atoms with E-state index in [4.69, 9.17) is 0 Å². The summed E-state index contributed by atoms with van der Waals surface area (Å²) in [6.07, 6.45) is 5.28. The van der Waals surface area contributed by atoms with Crippen molar-refractivity contribution in [1.29, 1.82) is 0 Å². The lowest BCUT2D eigenvalue weighted by Gasteiger charge is -2.17. The fourth-order valence-corrected chi connectivity index (χ4v) is 2.38. The second-order valence-corrected chi connectivity index (χ2v) is 4.38. The minimum absolute atomic E-state index is 0.131. The molecule has 2 atom stereocenters. The van der Waals surface area contributed by atoms with E-state index in [1.807, 2.05) is 0 Å². The van der Waals surface area contributed by atoms with Crippen LogP contribution in [0.15, 0.2) is 0 Å². The average Bonchev–Trinajstić information content (AvgIpc) is 2.72. The van der Waals surface area contributed by atoms with Crippen molar-refractivity contribution < 1.29 is 5.11 Å². The highest BCUT2D eigenvalue weighted by atomic mass is 16.3. The molecule has 3 N–H and O–H groups in total. The summed E-state index contributed by atoms with van der Waals surface area (Å²) in [5.41, 5.74) is 0. The standard InChI is InChI=1S/C10H20N2O/c13-10-7-11-5-8(10)6-12-9-3-1-2-4-9/h8-13H,1-7H2. The first kappa shape index (κ1) is 9.44. The van der Waals surface area contributed by atoms with E-state index in [1.54, 1.807) is 0 Å². The Morgan fingerprint density at radius 1 is 1.23 bits per heavy atom. The molecular formula is C10H20N2O. The summed E-state index contributed by atoms with van der Waals surface area (Å²) in [6.45, 7) is 2.73. The van der Waals surface area contributed by atoms with Gasteiger partial charge in [0.05, 0.1) is 6.10 Å². The molecular weight excluding hydrogens is 164 g/mol. The molecule has 2 aliphatic rings. The summed E-state index contributed by atoms with van der Waals surface area (Å²) >= 11 is 0. The zero-order valence-corrected chi connectivity index (χ0v) is 8.13. The van der Waals surface area contributed by atoms with Crippen molar-refractivity contribution in [3.8, 4) is 0 Å². The van der Waals surface area contributed by atoms with E-state index in [1.165, 1.54) is 25.7 Å². The maximum atomic E-state index is 9.56. The fourth-order valence-electron chi connectivity index (χ4n) is 2.38. The molecule has 0 spiro atoms. The predicted molar refractivity (Wildman–Crippen MR) is 52.6 cm³/mol. The summed E-state index contributed by atoms with van der Waals surface area (Å²) < 4.78 is 0. The van der Waals surface area contributed by atoms with Crippen LogP contribution >= 0.6 is 0 Å². The molecule has 1 aliphatic heterocycles. The molecule has 2 rings (SSSR count). The van der Waals surface area contributed by atoms with Gasteiger partial charge in [-0.15, -0.1) is 0 Å². The molecule has 3 heteroatoms. The molecule has 1 saturated carbocycles. The van der Waals surface area contributed by atoms with Crippen molar-refractivity contribution in [2.75, 3.05) is 19.6 Å². The van der Waals surface area contributed by atoms with E-state index in [-0.39, 0.29) is 6.10 Å². The largest absolute Gasteiger partial charge is 0.391 e. The number of rotatable bonds is 3. The number of aliphatic hydroxyl groups excluding tert-OH is 1. The molecule has 2 unspecified atom stereocenters. The Bertz CT molecular complexity index is 157. The van der Waals surface area contributed by atoms with Gasteiger partial charge in [0, 0.05) is 31.6 Å². The topological polar surface area (TPSA) is 44.3 Å². The predicted octanol–water partition coefficient (Wildman–Crippen LogP) is 0.0989. The van der Waals surface area contributed by atoms with E-state index < -0.39 is 0 Å². The summed E-state index contributed by atoms with van der Waals surface area (Å²) in [5, 5.41) is 16.3. The van der Waals surface area contributed by atoms with E-state index in [0.717, 1.165) is 25.7 Å². The molecule has 0 aromatic carbocycles. The summed E-state index contributed by atoms with van der Waals surface area (Å²) in [7, 11) is 0. The minimum atomic E-state index is -0.131. The maximum Gasteiger partial charge on any atom is 0.0716 e. The fraction of sp³-hybridized carbons (Fsp3) is 1.00. The lowest BCUT2D eigenvalue weighted by Crippen LogP contribution is -2.35. The van der Waals surface area contributed by atoms with Gasteiger partial charge < -0.3 is 15.7 Å². The van der Waals surface area contributed by atoms with E-state index in [9.17, 15) is 5.11 Å². The highest BCUT2D eigenvalue weighted by Gasteiger charge is 2.25. The average molecular weight is 184 g/mol. The van der Waals surface area contributed by atoms with Crippen LogP contribution in [0.3, 0.4) is 0 Å². The molecule has 0 radical (unpaired) electrons. The second-order valence-electron chi connectivity index (χ2n) is 4.38. The Labute approximate surface area is 79.9 Å². The number of β-amino-alcohol motifs (C(OH)–C–C–N with tert-alkyl or cyclic N) is 1. The molecule has 76 valence electrons. The van der Waals surface area contributed by atoms with Gasteiger partial charge in [-0.1, -0.05) is 12.8 Å². The highest BCUT2D eigenvalue weighted by molar-refractivity contribution is 4.84. The maximum absolute atomic E-state index is 9.56. The van der Waals surface area contributed by atoms with Gasteiger partial charge in [0.1, 0.15) is 0 Å². The van der Waals surface area contributed by atoms with Crippen LogP contribution in [0.2, 0.25) is 0 Å². The Hall–Kier alpha value is -0.120. The molecule has 3 nitrogen and oxygen atoms in total. The van der Waals surface area contributed by atoms with Crippen LogP contribution < -0.4 is 10.6 Å². The molecule has 0 aromatic rings. The van der Waals surface area contributed by atoms with Gasteiger partial charge in [-0.05, 0) is 12.8 Å². The van der Waals surface area contributed by atoms with E-state index >= 15 is 0 Å². The van der Waals surface area contributed by atoms with Crippen molar-refractivity contribution in [1.82, 2.24) is 10.6 Å². The normalized spacial score (nSPS) is 35.8. The Balaban J connectivity index is 1.66. The molecule has 1 saturated heterocycles. The van der Waals surface area contributed by atoms with Gasteiger partial charge in [-0.3, -0.25) is 0 Å². The first-order valence-corrected chi connectivity index (χ1v) is 5.48. The molecule has 1 heterocycles. The van der Waals surface area contributed by atoms with Crippen molar-refractivity contribution in [3.05, 3.63) is 0 Å². The van der Waals surface area contributed by atoms with Gasteiger partial charge in [-0.2, -0.15) is 0 Å². The van der Waals surface area contributed by atoms with Crippen LogP contribution in [0.25, 0.3) is 0 Å². The third kappa shape index (κ3) is 2.42. The molecule has 0 aromatic heterocycles. The molecule has 2 fully saturated rings. The zero-order valence-electron chi connectivity index (χ0n) is 8.13. The summed E-state index contributed by atoms with van der Waals surface area (Å²) in [6, 6.07) is 0.729. The lowest BCUT2D eigenvalue weighted by molar-refractivity contribution is 0.144. The van der Waals surface area contributed by atoms with Gasteiger partial charge in [0.25, 0.3) is 0 Å². The SMILES string of the molecule is OC1CNCC1CNC1CCCC1. The Kier molecular flexibility index (Phi) is 3.19. The first-order valence-electron chi connectivity index (χ1n) is 5.48. The van der Waals surface area contributed by atoms with Gasteiger partial charge in [0.2, 0.25) is 0 Å². The van der Waals surface area contributed by atoms with Crippen molar-refractivity contribution in [2.45, 2.75) is 37.8 Å². The van der Waals surface area contributed by atoms with Crippen LogP contribution in [-0.4, -0.2) is 36.9 Å². The molecule has 1 aliphatic carbocycles. The number of nitrogens with one attached hydrogen (secondary N) is 2. The first-order chi connectivity index (χ1) is 6.36. The third-order valence-corrected chi connectivity index (χ3v) is 3.33. The molecule has 13 heavy (non-hydrogen) atoms. The van der Waals surface area contributed by atoms with Crippen LogP contribution in [0.5, 0.6) is 0 Å². The highest BCUT2D eigenvalue weighted by Crippen LogP contribution is 2.18. The van der Waals surface area contributed by atoms with Crippen LogP contribution in [0.1, 0.15) is 25.7 Å². The van der Waals surface area contributed by atoms with Gasteiger partial charge in [-0.25, -0.2) is 0 Å². The Morgan fingerprint density at radius 2 is 2.00 bits per heavy atom. The Morgan fingerprint density at radius 3 is 2.62 bits per heavy atom. The second kappa shape index (κ2) is 4.40. The number of hydrogen-bond donors (Lipinski definition) is 3. The van der Waals surface area contributed by atoms with Gasteiger partial charge >= 0.3 is 0 Å². The van der Waals surface area contributed by atoms with Gasteiger partial charge in [0.15, 0.2) is 0 Å². The lowest BCUT2D eigenvalue weighted by atomic mass is 10.1. The van der Waals surface area contributed by atoms with Crippen LogP contribution in [-0.2, 0) is 0 Å². The quantitative estimate of drug-likeness (QED) is 0.583. The monoisotopic (exact) mass is 184 g/mol. The minimum Gasteiger partial charge on any atom is -0.391 e.